The van der Waals surface area contributed by atoms with E-state index in [0.29, 0.717) is 18.7 Å². The highest BCUT2D eigenvalue weighted by molar-refractivity contribution is 5.88. The van der Waals surface area contributed by atoms with Crippen LogP contribution in [0.5, 0.6) is 0 Å². The van der Waals surface area contributed by atoms with Gasteiger partial charge in [0.05, 0.1) is 11.6 Å². The van der Waals surface area contributed by atoms with Crippen LogP contribution in [0.2, 0.25) is 0 Å². The number of carbonyl (C=O) groups is 1. The number of fused-ring (bicyclic) bond motifs is 1. The van der Waals surface area contributed by atoms with E-state index in [2.05, 4.69) is 24.1 Å². The van der Waals surface area contributed by atoms with E-state index in [1.807, 2.05) is 47.4 Å². The summed E-state index contributed by atoms with van der Waals surface area (Å²) in [4.78, 5) is 18.1. The van der Waals surface area contributed by atoms with Crippen molar-refractivity contribution < 1.29 is 9.18 Å². The number of benzene rings is 3. The Hall–Kier alpha value is -2.94. The average molecular weight is 478 g/mol. The number of likely N-dealkylation sites (tertiary alicyclic amines) is 2. The maximum absolute atomic E-state index is 13.8. The van der Waals surface area contributed by atoms with Gasteiger partial charge >= 0.3 is 0 Å². The number of carbonyl (C=O) groups excluding carboxylic acids is 1. The van der Waals surface area contributed by atoms with Crippen LogP contribution in [-0.2, 0) is 16.8 Å². The Balaban J connectivity index is 0.00000274. The van der Waals surface area contributed by atoms with Crippen molar-refractivity contribution in [3.63, 3.8) is 0 Å². The molecule has 0 bridgehead atoms. The van der Waals surface area contributed by atoms with Gasteiger partial charge in [-0.3, -0.25) is 4.79 Å². The van der Waals surface area contributed by atoms with Crippen molar-refractivity contribution in [1.29, 1.82) is 5.26 Å². The van der Waals surface area contributed by atoms with Gasteiger partial charge in [-0.15, -0.1) is 12.4 Å². The Labute approximate surface area is 206 Å². The predicted octanol–water partition coefficient (Wildman–Crippen LogP) is 5.28. The largest absolute Gasteiger partial charge is 0.338 e. The van der Waals surface area contributed by atoms with E-state index >= 15 is 0 Å². The molecule has 34 heavy (non-hydrogen) atoms. The average Bonchev–Trinajstić information content (AvgIpc) is 3.20. The van der Waals surface area contributed by atoms with Gasteiger partial charge in [-0.1, -0.05) is 36.4 Å². The zero-order valence-corrected chi connectivity index (χ0v) is 20.2. The van der Waals surface area contributed by atoms with Crippen LogP contribution in [0.3, 0.4) is 0 Å². The quantitative estimate of drug-likeness (QED) is 0.513. The lowest BCUT2D eigenvalue weighted by atomic mass is 9.64. The molecule has 1 amide bonds. The van der Waals surface area contributed by atoms with E-state index in [0.717, 1.165) is 54.3 Å². The smallest absolute Gasteiger partial charge is 0.226 e. The Bertz CT molecular complexity index is 1230. The van der Waals surface area contributed by atoms with E-state index in [1.54, 1.807) is 0 Å². The van der Waals surface area contributed by atoms with Crippen molar-refractivity contribution in [3.05, 3.63) is 83.2 Å². The molecule has 2 heterocycles. The van der Waals surface area contributed by atoms with Gasteiger partial charge in [0.25, 0.3) is 0 Å². The second-order valence-corrected chi connectivity index (χ2v) is 9.54. The van der Waals surface area contributed by atoms with Gasteiger partial charge in [0.15, 0.2) is 0 Å². The molecule has 0 N–H and O–H groups in total. The number of amides is 1. The summed E-state index contributed by atoms with van der Waals surface area (Å²) in [6, 6.07) is 20.9. The van der Waals surface area contributed by atoms with Crippen molar-refractivity contribution in [2.45, 2.75) is 31.2 Å². The molecule has 6 heteroatoms. The maximum atomic E-state index is 13.8. The van der Waals surface area contributed by atoms with Gasteiger partial charge in [0, 0.05) is 24.4 Å². The lowest BCUT2D eigenvalue weighted by Gasteiger charge is -2.44. The first-order valence-electron chi connectivity index (χ1n) is 11.7. The molecule has 0 radical (unpaired) electrons. The van der Waals surface area contributed by atoms with Crippen molar-refractivity contribution in [3.8, 4) is 6.07 Å². The second-order valence-electron chi connectivity index (χ2n) is 9.54. The third kappa shape index (κ3) is 4.29. The zero-order chi connectivity index (χ0) is 23.0. The standard InChI is InChI=1S/C28H28FN3O.ClH/c1-31-14-11-28(12-15-31,23-6-8-24(29)9-7-23)26-10-13-32(27(26)33)19-22-17-20(18-30)16-21-4-2-3-5-25(21)22;/h2-9,16-17,26H,10-15,19H2,1H3;1H. The number of rotatable bonds is 4. The van der Waals surface area contributed by atoms with E-state index in [4.69, 9.17) is 0 Å². The van der Waals surface area contributed by atoms with Crippen LogP contribution in [-0.4, -0.2) is 42.4 Å². The number of piperidine rings is 1. The SMILES string of the molecule is CN1CCC(c2ccc(F)cc2)(C2CCN(Cc3cc(C#N)cc4ccccc34)C2=O)CC1.Cl. The minimum absolute atomic E-state index is 0. The number of halogens is 2. The summed E-state index contributed by atoms with van der Waals surface area (Å²) in [5.74, 6) is -0.178. The summed E-state index contributed by atoms with van der Waals surface area (Å²) >= 11 is 0. The van der Waals surface area contributed by atoms with Crippen LogP contribution >= 0.6 is 12.4 Å². The zero-order valence-electron chi connectivity index (χ0n) is 19.3. The number of hydrogen-bond donors (Lipinski definition) is 0. The highest BCUT2D eigenvalue weighted by atomic mass is 35.5. The fourth-order valence-corrected chi connectivity index (χ4v) is 5.84. The van der Waals surface area contributed by atoms with E-state index < -0.39 is 0 Å². The van der Waals surface area contributed by atoms with Crippen LogP contribution in [0.1, 0.15) is 36.0 Å². The minimum Gasteiger partial charge on any atom is -0.338 e. The summed E-state index contributed by atoms with van der Waals surface area (Å²) in [5, 5.41) is 11.6. The first kappa shape index (κ1) is 24.2. The normalized spacial score (nSPS) is 20.2. The molecule has 1 unspecified atom stereocenters. The van der Waals surface area contributed by atoms with E-state index in [1.165, 1.54) is 12.1 Å². The van der Waals surface area contributed by atoms with Gasteiger partial charge in [0.1, 0.15) is 5.82 Å². The Morgan fingerprint density at radius 2 is 1.76 bits per heavy atom. The number of nitrogens with zero attached hydrogens (tertiary/aromatic N) is 3. The van der Waals surface area contributed by atoms with E-state index in [-0.39, 0.29) is 35.5 Å². The molecular formula is C28H29ClFN3O. The van der Waals surface area contributed by atoms with Crippen LogP contribution in [0, 0.1) is 23.1 Å². The Kier molecular flexibility index (Phi) is 6.93. The number of hydrogen-bond acceptors (Lipinski definition) is 3. The maximum Gasteiger partial charge on any atom is 0.226 e. The number of nitriles is 1. The van der Waals surface area contributed by atoms with Crippen molar-refractivity contribution >= 4 is 29.1 Å². The van der Waals surface area contributed by atoms with Gasteiger partial charge in [-0.05, 0) is 85.6 Å². The van der Waals surface area contributed by atoms with Crippen LogP contribution in [0.15, 0.2) is 60.7 Å². The molecule has 2 fully saturated rings. The fourth-order valence-electron chi connectivity index (χ4n) is 5.84. The Morgan fingerprint density at radius 1 is 1.06 bits per heavy atom. The molecule has 4 nitrogen and oxygen atoms in total. The molecule has 0 aromatic heterocycles. The third-order valence-corrected chi connectivity index (χ3v) is 7.70. The highest BCUT2D eigenvalue weighted by Gasteiger charge is 2.49. The Morgan fingerprint density at radius 3 is 2.47 bits per heavy atom. The first-order chi connectivity index (χ1) is 16.0. The lowest BCUT2D eigenvalue weighted by molar-refractivity contribution is -0.134. The minimum atomic E-state index is -0.261. The molecule has 5 rings (SSSR count). The molecule has 176 valence electrons. The van der Waals surface area contributed by atoms with Gasteiger partial charge in [-0.25, -0.2) is 4.39 Å². The molecule has 2 saturated heterocycles. The summed E-state index contributed by atoms with van der Waals surface area (Å²) in [6.45, 7) is 3.06. The molecule has 0 aliphatic carbocycles. The molecule has 3 aromatic carbocycles. The van der Waals surface area contributed by atoms with Gasteiger partial charge in [0.2, 0.25) is 5.91 Å². The van der Waals surface area contributed by atoms with Crippen molar-refractivity contribution in [1.82, 2.24) is 9.80 Å². The first-order valence-corrected chi connectivity index (χ1v) is 11.7. The van der Waals surface area contributed by atoms with Crippen molar-refractivity contribution in [2.24, 2.45) is 5.92 Å². The molecule has 0 spiro atoms. The summed E-state index contributed by atoms with van der Waals surface area (Å²) in [5.41, 5.74) is 2.44. The van der Waals surface area contributed by atoms with Crippen molar-refractivity contribution in [2.75, 3.05) is 26.7 Å². The highest BCUT2D eigenvalue weighted by Crippen LogP contribution is 2.46. The molecule has 0 saturated carbocycles. The molecule has 3 aromatic rings. The summed E-state index contributed by atoms with van der Waals surface area (Å²) < 4.78 is 13.7. The fraction of sp³-hybridized carbons (Fsp3) is 0.357. The molecule has 2 aliphatic rings. The summed E-state index contributed by atoms with van der Waals surface area (Å²) in [6.07, 6.45) is 2.59. The lowest BCUT2D eigenvalue weighted by Crippen LogP contribution is -2.48. The van der Waals surface area contributed by atoms with Crippen LogP contribution in [0.25, 0.3) is 10.8 Å². The topological polar surface area (TPSA) is 47.3 Å². The van der Waals surface area contributed by atoms with Crippen LogP contribution in [0.4, 0.5) is 4.39 Å². The summed E-state index contributed by atoms with van der Waals surface area (Å²) in [7, 11) is 2.12. The van der Waals surface area contributed by atoms with E-state index in [9.17, 15) is 14.4 Å². The van der Waals surface area contributed by atoms with Gasteiger partial charge in [-0.2, -0.15) is 5.26 Å². The monoisotopic (exact) mass is 477 g/mol. The predicted molar refractivity (Wildman–Crippen MR) is 134 cm³/mol. The molecule has 2 aliphatic heterocycles. The van der Waals surface area contributed by atoms with Gasteiger partial charge < -0.3 is 9.80 Å². The second kappa shape index (κ2) is 9.74. The molecular weight excluding hydrogens is 449 g/mol. The van der Waals surface area contributed by atoms with Crippen LogP contribution < -0.4 is 0 Å². The molecule has 1 atom stereocenters. The third-order valence-electron chi connectivity index (χ3n) is 7.70.